The Kier molecular flexibility index (Phi) is 9.66. The van der Waals surface area contributed by atoms with Crippen molar-refractivity contribution in [1.29, 1.82) is 0 Å². The molecule has 1 heterocycles. The van der Waals surface area contributed by atoms with Gasteiger partial charge < -0.3 is 21.6 Å². The molecule has 6 nitrogen and oxygen atoms in total. The summed E-state index contributed by atoms with van der Waals surface area (Å²) in [6, 6.07) is 6.08. The quantitative estimate of drug-likeness (QED) is 0.800. The Morgan fingerprint density at radius 1 is 1.40 bits per heavy atom. The molecule has 0 saturated carbocycles. The van der Waals surface area contributed by atoms with Gasteiger partial charge >= 0.3 is 0 Å². The van der Waals surface area contributed by atoms with Gasteiger partial charge in [-0.25, -0.2) is 4.98 Å². The predicted molar refractivity (Wildman–Crippen MR) is 76.2 cm³/mol. The van der Waals surface area contributed by atoms with E-state index in [1.165, 1.54) is 12.5 Å². The van der Waals surface area contributed by atoms with Crippen molar-refractivity contribution in [3.05, 3.63) is 58.4 Å². The molecular weight excluding hydrogens is 401 g/mol. The van der Waals surface area contributed by atoms with E-state index in [2.05, 4.69) is 25.9 Å². The number of carbonyl (C=O) groups is 1. The standard InChI is InChI=1S/C6H5BrN.C6H8N3O2.Y/c7-5-1-3-6(8)4-2-5;7-5(6(10)11)1-4-2-8-3-9-4;/h1-4,8H;2-3,5,7H,1H2,(H,8,9)(H,10,11);/q2*-1;. The van der Waals surface area contributed by atoms with Gasteiger partial charge in [-0.15, -0.1) is 5.69 Å². The average molecular weight is 414 g/mol. The van der Waals surface area contributed by atoms with Crippen molar-refractivity contribution in [2.45, 2.75) is 12.5 Å². The molecule has 105 valence electrons. The van der Waals surface area contributed by atoms with Crippen molar-refractivity contribution in [3.8, 4) is 0 Å². The Morgan fingerprint density at radius 3 is 2.40 bits per heavy atom. The van der Waals surface area contributed by atoms with Crippen molar-refractivity contribution in [3.63, 3.8) is 0 Å². The molecule has 0 aliphatic rings. The van der Waals surface area contributed by atoms with E-state index in [1.807, 2.05) is 12.1 Å². The van der Waals surface area contributed by atoms with Gasteiger partial charge in [0, 0.05) is 49.1 Å². The molecule has 0 fully saturated rings. The number of rotatable bonds is 3. The van der Waals surface area contributed by atoms with Crippen LogP contribution in [0.1, 0.15) is 5.69 Å². The maximum absolute atomic E-state index is 10.2. The Morgan fingerprint density at radius 2 is 2.00 bits per heavy atom. The van der Waals surface area contributed by atoms with E-state index in [9.17, 15) is 4.79 Å². The van der Waals surface area contributed by atoms with Gasteiger partial charge in [-0.1, -0.05) is 28.1 Å². The van der Waals surface area contributed by atoms with Crippen LogP contribution in [0.5, 0.6) is 0 Å². The first-order valence-corrected chi connectivity index (χ1v) is 6.16. The normalized spacial score (nSPS) is 10.7. The summed E-state index contributed by atoms with van der Waals surface area (Å²) >= 11 is 3.26. The van der Waals surface area contributed by atoms with Crippen molar-refractivity contribution in [1.82, 2.24) is 9.97 Å². The van der Waals surface area contributed by atoms with Gasteiger partial charge in [0.25, 0.3) is 5.97 Å². The van der Waals surface area contributed by atoms with Crippen LogP contribution in [0, 0.1) is 0 Å². The van der Waals surface area contributed by atoms with Crippen molar-refractivity contribution >= 4 is 27.6 Å². The zero-order valence-electron chi connectivity index (χ0n) is 10.5. The summed E-state index contributed by atoms with van der Waals surface area (Å²) in [6.45, 7) is 0. The maximum atomic E-state index is 10.2. The molecule has 2 rings (SSSR count). The number of carboxylic acid groups (broad SMARTS) is 1. The minimum absolute atomic E-state index is 0. The van der Waals surface area contributed by atoms with Gasteiger partial charge in [0.2, 0.25) is 0 Å². The number of carboxylic acids is 1. The number of aromatic nitrogens is 2. The second kappa shape index (κ2) is 10.0. The van der Waals surface area contributed by atoms with Gasteiger partial charge in [0.05, 0.1) is 6.33 Å². The molecule has 8 heteroatoms. The summed E-state index contributed by atoms with van der Waals surface area (Å²) < 4.78 is 1.02. The van der Waals surface area contributed by atoms with Crippen molar-refractivity contribution in [2.24, 2.45) is 0 Å². The summed E-state index contributed by atoms with van der Waals surface area (Å²) in [7, 11) is 0. The Bertz CT molecular complexity index is 484. The summed E-state index contributed by atoms with van der Waals surface area (Å²) in [5.41, 5.74) is 15.3. The topological polar surface area (TPSA) is 114 Å². The molecule has 1 atom stereocenters. The zero-order valence-corrected chi connectivity index (χ0v) is 14.9. The van der Waals surface area contributed by atoms with Gasteiger partial charge in [0.15, 0.2) is 0 Å². The number of nitrogens with one attached hydrogen (secondary N) is 3. The fourth-order valence-corrected chi connectivity index (χ4v) is 1.42. The molecule has 0 amide bonds. The Balaban J connectivity index is 0.000000359. The molecule has 0 saturated heterocycles. The first-order valence-electron chi connectivity index (χ1n) is 5.37. The summed E-state index contributed by atoms with van der Waals surface area (Å²) in [5, 5.41) is 8.36. The molecular formula is C12H13BrN4O2Y-2. The van der Waals surface area contributed by atoms with Crippen LogP contribution in [-0.4, -0.2) is 27.1 Å². The van der Waals surface area contributed by atoms with Crippen molar-refractivity contribution in [2.75, 3.05) is 0 Å². The average Bonchev–Trinajstić information content (AvgIpc) is 2.86. The van der Waals surface area contributed by atoms with E-state index in [-0.39, 0.29) is 39.1 Å². The van der Waals surface area contributed by atoms with Crippen LogP contribution in [0.4, 0.5) is 5.69 Å². The minimum atomic E-state index is -1.11. The fourth-order valence-electron chi connectivity index (χ4n) is 1.15. The zero-order chi connectivity index (χ0) is 14.3. The molecule has 1 unspecified atom stereocenters. The van der Waals surface area contributed by atoms with Crippen LogP contribution in [0.3, 0.4) is 0 Å². The molecule has 0 spiro atoms. The number of hydrogen-bond acceptors (Lipinski definition) is 2. The second-order valence-corrected chi connectivity index (χ2v) is 4.59. The molecule has 1 aromatic heterocycles. The van der Waals surface area contributed by atoms with Gasteiger partial charge in [0.1, 0.15) is 0 Å². The van der Waals surface area contributed by atoms with Crippen LogP contribution in [0.15, 0.2) is 41.3 Å². The van der Waals surface area contributed by atoms with E-state index in [4.69, 9.17) is 16.6 Å². The number of imidazole rings is 1. The number of H-pyrrole nitrogens is 1. The second-order valence-electron chi connectivity index (χ2n) is 3.68. The summed E-state index contributed by atoms with van der Waals surface area (Å²) in [5.74, 6) is -1.11. The third-order valence-electron chi connectivity index (χ3n) is 2.12. The number of aliphatic carboxylic acids is 1. The van der Waals surface area contributed by atoms with E-state index < -0.39 is 12.0 Å². The molecule has 1 radical (unpaired) electrons. The SMILES string of the molecule is [NH-]C(Cc1cnc[nH]1)C(=O)O.[NH-]c1ccc(Br)cc1.[Y]. The van der Waals surface area contributed by atoms with Gasteiger partial charge in [-0.05, 0) is 24.6 Å². The van der Waals surface area contributed by atoms with Gasteiger partial charge in [-0.2, -0.15) is 0 Å². The van der Waals surface area contributed by atoms with Crippen LogP contribution >= 0.6 is 15.9 Å². The molecule has 0 bridgehead atoms. The van der Waals surface area contributed by atoms with Crippen molar-refractivity contribution < 1.29 is 42.6 Å². The first kappa shape index (κ1) is 19.2. The molecule has 4 N–H and O–H groups in total. The Hall–Kier alpha value is -0.756. The predicted octanol–water partition coefficient (Wildman–Crippen LogP) is 3.59. The summed E-state index contributed by atoms with van der Waals surface area (Å²) in [6.07, 6.45) is 3.16. The molecule has 0 aliphatic heterocycles. The number of halogens is 1. The van der Waals surface area contributed by atoms with E-state index in [0.717, 1.165) is 4.47 Å². The van der Waals surface area contributed by atoms with Gasteiger partial charge in [-0.3, -0.25) is 4.79 Å². The van der Waals surface area contributed by atoms with E-state index >= 15 is 0 Å². The minimum Gasteiger partial charge on any atom is -0.699 e. The molecule has 1 aromatic carbocycles. The maximum Gasteiger partial charge on any atom is 0.285 e. The van der Waals surface area contributed by atoms with Crippen LogP contribution < -0.4 is 0 Å². The number of nitrogens with zero attached hydrogens (tertiary/aromatic N) is 1. The fraction of sp³-hybridized carbons (Fsp3) is 0.167. The van der Waals surface area contributed by atoms with E-state index in [1.54, 1.807) is 12.1 Å². The van der Waals surface area contributed by atoms with E-state index in [0.29, 0.717) is 11.4 Å². The monoisotopic (exact) mass is 413 g/mol. The molecule has 20 heavy (non-hydrogen) atoms. The van der Waals surface area contributed by atoms with Crippen LogP contribution in [0.2, 0.25) is 0 Å². The Labute approximate surface area is 150 Å². The number of aromatic amines is 1. The number of benzene rings is 1. The first-order chi connectivity index (χ1) is 8.99. The third-order valence-corrected chi connectivity index (χ3v) is 2.65. The number of hydrogen-bond donors (Lipinski definition) is 2. The smallest absolute Gasteiger partial charge is 0.285 e. The van der Waals surface area contributed by atoms with Crippen LogP contribution in [0.25, 0.3) is 11.5 Å². The summed E-state index contributed by atoms with van der Waals surface area (Å²) in [4.78, 5) is 16.6. The largest absolute Gasteiger partial charge is 0.699 e. The third kappa shape index (κ3) is 7.74. The van der Waals surface area contributed by atoms with Crippen LogP contribution in [-0.2, 0) is 43.9 Å². The molecule has 0 aliphatic carbocycles. The molecule has 2 aromatic rings.